The zero-order chi connectivity index (χ0) is 11.5. The molecule has 1 aliphatic heterocycles. The lowest BCUT2D eigenvalue weighted by atomic mass is 9.96. The molecule has 16 heavy (non-hydrogen) atoms. The molecule has 1 saturated heterocycles. The molecule has 0 aliphatic carbocycles. The largest absolute Gasteiger partial charge is 0.508 e. The quantitative estimate of drug-likeness (QED) is 0.844. The van der Waals surface area contributed by atoms with Crippen LogP contribution in [0.2, 0.25) is 0 Å². The number of rotatable bonds is 3. The molecule has 0 spiro atoms. The van der Waals surface area contributed by atoms with Gasteiger partial charge in [0.05, 0.1) is 0 Å². The van der Waals surface area contributed by atoms with E-state index < -0.39 is 0 Å². The molecule has 2 nitrogen and oxygen atoms in total. The minimum absolute atomic E-state index is 0.388. The fraction of sp³-hybridized carbons (Fsp3) is 0.571. The lowest BCUT2D eigenvalue weighted by Crippen LogP contribution is -2.27. The van der Waals surface area contributed by atoms with Gasteiger partial charge in [0.1, 0.15) is 5.75 Å². The molecule has 1 N–H and O–H groups in total. The third-order valence-corrected chi connectivity index (χ3v) is 3.56. The Balaban J connectivity index is 2.07. The fourth-order valence-electron chi connectivity index (χ4n) is 2.72. The van der Waals surface area contributed by atoms with Crippen LogP contribution in [-0.2, 0) is 0 Å². The summed E-state index contributed by atoms with van der Waals surface area (Å²) in [5.74, 6) is 0.979. The molecule has 1 fully saturated rings. The first-order chi connectivity index (χ1) is 7.70. The molecule has 2 heteroatoms. The number of hydrogen-bond acceptors (Lipinski definition) is 2. The molecule has 0 amide bonds. The summed E-state index contributed by atoms with van der Waals surface area (Å²) in [5, 5.41) is 9.49. The Bertz CT molecular complexity index is 350. The minimum atomic E-state index is 0.388. The second kappa shape index (κ2) is 4.88. The van der Waals surface area contributed by atoms with Crippen LogP contribution in [-0.4, -0.2) is 29.1 Å². The normalized spacial score (nSPS) is 26.1. The Morgan fingerprint density at radius 2 is 2.25 bits per heavy atom. The van der Waals surface area contributed by atoms with Gasteiger partial charge in [-0.2, -0.15) is 0 Å². The standard InChI is InChI=1S/C14H21NO/c1-3-7-15-10-13(8-11(15)2)12-5-4-6-14(16)9-12/h4-6,9,11,13,16H,3,7-8,10H2,1-2H3/t11-,13+/m0/s1. The molecule has 88 valence electrons. The maximum absolute atomic E-state index is 9.49. The first-order valence-corrected chi connectivity index (χ1v) is 6.23. The molecule has 0 radical (unpaired) electrons. The van der Waals surface area contributed by atoms with Crippen LogP contribution in [0.1, 0.15) is 38.2 Å². The van der Waals surface area contributed by atoms with Gasteiger partial charge in [-0.15, -0.1) is 0 Å². The van der Waals surface area contributed by atoms with Gasteiger partial charge < -0.3 is 10.0 Å². The van der Waals surface area contributed by atoms with Crippen LogP contribution in [0.5, 0.6) is 5.75 Å². The molecule has 1 aliphatic rings. The summed E-state index contributed by atoms with van der Waals surface area (Å²) in [7, 11) is 0. The highest BCUT2D eigenvalue weighted by Crippen LogP contribution is 2.32. The zero-order valence-corrected chi connectivity index (χ0v) is 10.2. The fourth-order valence-corrected chi connectivity index (χ4v) is 2.72. The van der Waals surface area contributed by atoms with Crippen molar-refractivity contribution in [2.45, 2.75) is 38.6 Å². The van der Waals surface area contributed by atoms with E-state index >= 15 is 0 Å². The van der Waals surface area contributed by atoms with E-state index in [0.717, 1.165) is 6.54 Å². The first-order valence-electron chi connectivity index (χ1n) is 6.23. The van der Waals surface area contributed by atoms with Crippen molar-refractivity contribution in [2.75, 3.05) is 13.1 Å². The molecule has 0 bridgehead atoms. The Morgan fingerprint density at radius 1 is 1.44 bits per heavy atom. The number of aromatic hydroxyl groups is 1. The van der Waals surface area contributed by atoms with Gasteiger partial charge in [-0.3, -0.25) is 0 Å². The van der Waals surface area contributed by atoms with Crippen molar-refractivity contribution in [3.63, 3.8) is 0 Å². The predicted molar refractivity (Wildman–Crippen MR) is 66.8 cm³/mol. The Morgan fingerprint density at radius 3 is 2.94 bits per heavy atom. The van der Waals surface area contributed by atoms with E-state index in [0.29, 0.717) is 17.7 Å². The van der Waals surface area contributed by atoms with Crippen molar-refractivity contribution in [3.05, 3.63) is 29.8 Å². The van der Waals surface area contributed by atoms with Crippen LogP contribution in [0.3, 0.4) is 0 Å². The Hall–Kier alpha value is -1.02. The van der Waals surface area contributed by atoms with E-state index in [4.69, 9.17) is 0 Å². The molecule has 1 aromatic rings. The van der Waals surface area contributed by atoms with Crippen LogP contribution < -0.4 is 0 Å². The summed E-state index contributed by atoms with van der Waals surface area (Å²) < 4.78 is 0. The average Bonchev–Trinajstić information content (AvgIpc) is 2.61. The number of hydrogen-bond donors (Lipinski definition) is 1. The number of nitrogens with zero attached hydrogens (tertiary/aromatic N) is 1. The maximum atomic E-state index is 9.49. The predicted octanol–water partition coefficient (Wildman–Crippen LogP) is 2.98. The van der Waals surface area contributed by atoms with E-state index in [-0.39, 0.29) is 0 Å². The van der Waals surface area contributed by atoms with Gasteiger partial charge in [0.2, 0.25) is 0 Å². The van der Waals surface area contributed by atoms with Gasteiger partial charge in [-0.25, -0.2) is 0 Å². The van der Waals surface area contributed by atoms with Gasteiger partial charge in [-0.05, 0) is 49.9 Å². The van der Waals surface area contributed by atoms with Crippen LogP contribution in [0.15, 0.2) is 24.3 Å². The molecule has 0 saturated carbocycles. The number of phenols is 1. The number of likely N-dealkylation sites (tertiary alicyclic amines) is 1. The molecule has 1 aromatic carbocycles. The average molecular weight is 219 g/mol. The zero-order valence-electron chi connectivity index (χ0n) is 10.2. The third-order valence-electron chi connectivity index (χ3n) is 3.56. The highest BCUT2D eigenvalue weighted by Gasteiger charge is 2.29. The smallest absolute Gasteiger partial charge is 0.115 e. The van der Waals surface area contributed by atoms with Crippen LogP contribution >= 0.6 is 0 Å². The van der Waals surface area contributed by atoms with Crippen molar-refractivity contribution < 1.29 is 5.11 Å². The second-order valence-corrected chi connectivity index (χ2v) is 4.87. The van der Waals surface area contributed by atoms with Gasteiger partial charge in [0.25, 0.3) is 0 Å². The van der Waals surface area contributed by atoms with Crippen molar-refractivity contribution in [2.24, 2.45) is 0 Å². The molecule has 0 aromatic heterocycles. The van der Waals surface area contributed by atoms with E-state index in [1.54, 1.807) is 6.07 Å². The highest BCUT2D eigenvalue weighted by molar-refractivity contribution is 5.30. The van der Waals surface area contributed by atoms with E-state index in [2.05, 4.69) is 24.8 Å². The summed E-state index contributed by atoms with van der Waals surface area (Å²) in [6.07, 6.45) is 2.43. The van der Waals surface area contributed by atoms with Crippen molar-refractivity contribution in [1.29, 1.82) is 0 Å². The monoisotopic (exact) mass is 219 g/mol. The topological polar surface area (TPSA) is 23.5 Å². The van der Waals surface area contributed by atoms with Crippen molar-refractivity contribution in [3.8, 4) is 5.75 Å². The van der Waals surface area contributed by atoms with Gasteiger partial charge in [0, 0.05) is 12.6 Å². The summed E-state index contributed by atoms with van der Waals surface area (Å²) >= 11 is 0. The Kier molecular flexibility index (Phi) is 3.49. The van der Waals surface area contributed by atoms with E-state index in [9.17, 15) is 5.11 Å². The molecular formula is C14H21NO. The van der Waals surface area contributed by atoms with Crippen molar-refractivity contribution in [1.82, 2.24) is 4.90 Å². The van der Waals surface area contributed by atoms with E-state index in [1.165, 1.54) is 24.9 Å². The Labute approximate surface area is 97.9 Å². The summed E-state index contributed by atoms with van der Waals surface area (Å²) in [5.41, 5.74) is 1.28. The SMILES string of the molecule is CCCN1C[C@H](c2cccc(O)c2)C[C@@H]1C. The molecule has 2 atom stereocenters. The minimum Gasteiger partial charge on any atom is -0.508 e. The number of benzene rings is 1. The van der Waals surface area contributed by atoms with Crippen LogP contribution in [0, 0.1) is 0 Å². The summed E-state index contributed by atoms with van der Waals surface area (Å²) in [6, 6.07) is 8.40. The summed E-state index contributed by atoms with van der Waals surface area (Å²) in [6.45, 7) is 6.86. The van der Waals surface area contributed by atoms with Gasteiger partial charge in [-0.1, -0.05) is 19.1 Å². The summed E-state index contributed by atoms with van der Waals surface area (Å²) in [4.78, 5) is 2.55. The van der Waals surface area contributed by atoms with Gasteiger partial charge >= 0.3 is 0 Å². The lowest BCUT2D eigenvalue weighted by Gasteiger charge is -2.19. The molecule has 2 rings (SSSR count). The third kappa shape index (κ3) is 2.38. The highest BCUT2D eigenvalue weighted by atomic mass is 16.3. The van der Waals surface area contributed by atoms with Crippen LogP contribution in [0.4, 0.5) is 0 Å². The number of phenolic OH excluding ortho intramolecular Hbond substituents is 1. The molecule has 0 unspecified atom stereocenters. The van der Waals surface area contributed by atoms with Gasteiger partial charge in [0.15, 0.2) is 0 Å². The lowest BCUT2D eigenvalue weighted by molar-refractivity contribution is 0.268. The molecular weight excluding hydrogens is 198 g/mol. The van der Waals surface area contributed by atoms with E-state index in [1.807, 2.05) is 12.1 Å². The second-order valence-electron chi connectivity index (χ2n) is 4.87. The first kappa shape index (κ1) is 11.5. The molecule has 1 heterocycles. The van der Waals surface area contributed by atoms with Crippen LogP contribution in [0.25, 0.3) is 0 Å². The maximum Gasteiger partial charge on any atom is 0.115 e. The van der Waals surface area contributed by atoms with Crippen molar-refractivity contribution >= 4 is 0 Å².